The van der Waals surface area contributed by atoms with Crippen molar-refractivity contribution in [1.29, 1.82) is 0 Å². The van der Waals surface area contributed by atoms with Crippen LogP contribution in [-0.4, -0.2) is 13.2 Å². The Bertz CT molecular complexity index is 53.5. The normalized spacial score (nSPS) is 7.00. The van der Waals surface area contributed by atoms with Crippen LogP contribution in [0.15, 0.2) is 25.3 Å². The van der Waals surface area contributed by atoms with Crippen LogP contribution < -0.4 is 0 Å². The first-order valence-corrected chi connectivity index (χ1v) is 2.21. The van der Waals surface area contributed by atoms with Crippen molar-refractivity contribution in [2.75, 3.05) is 13.2 Å². The van der Waals surface area contributed by atoms with Crippen molar-refractivity contribution in [3.63, 3.8) is 0 Å². The molecule has 0 spiro atoms. The molecule has 2 heteroatoms. The van der Waals surface area contributed by atoms with Gasteiger partial charge in [-0.3, -0.25) is 0 Å². The Kier molecular flexibility index (Phi) is 14.9. The third-order valence-electron chi connectivity index (χ3n) is 0.471. The minimum absolute atomic E-state index is 0. The Balaban J connectivity index is 0. The molecule has 0 aromatic heterocycles. The molecule has 0 saturated carbocycles. The summed E-state index contributed by atoms with van der Waals surface area (Å²) in [6.45, 7) is 8.18. The van der Waals surface area contributed by atoms with E-state index in [0.717, 1.165) is 0 Å². The molecule has 0 aliphatic carbocycles. The summed E-state index contributed by atoms with van der Waals surface area (Å²) in [5, 5.41) is 0. The van der Waals surface area contributed by atoms with Crippen LogP contribution in [0.5, 0.6) is 0 Å². The van der Waals surface area contributed by atoms with Crippen LogP contribution in [-0.2, 0) is 37.4 Å². The fourth-order valence-electron chi connectivity index (χ4n) is 0.235. The topological polar surface area (TPSA) is 9.23 Å². The number of ether oxygens (including phenoxy) is 1. The van der Waals surface area contributed by atoms with E-state index in [4.69, 9.17) is 4.74 Å². The van der Waals surface area contributed by atoms with Crippen molar-refractivity contribution < 1.29 is 37.4 Å². The third kappa shape index (κ3) is 9.74. The summed E-state index contributed by atoms with van der Waals surface area (Å²) >= 11 is 0. The number of hydrogen-bond donors (Lipinski definition) is 0. The van der Waals surface area contributed by atoms with E-state index in [9.17, 15) is 0 Å². The van der Waals surface area contributed by atoms with Crippen molar-refractivity contribution in [1.82, 2.24) is 0 Å². The van der Waals surface area contributed by atoms with Gasteiger partial charge in [-0.2, -0.15) is 0 Å². The molecule has 0 amide bonds. The van der Waals surface area contributed by atoms with E-state index in [2.05, 4.69) is 13.2 Å². The zero-order chi connectivity index (χ0) is 5.54. The molecule has 1 nitrogen and oxygen atoms in total. The van der Waals surface area contributed by atoms with Crippen molar-refractivity contribution >= 4 is 0 Å². The fraction of sp³-hybridized carbons (Fsp3) is 0.333. The Morgan fingerprint density at radius 1 is 1.12 bits per heavy atom. The molecule has 0 aromatic rings. The maximum absolute atomic E-state index is 4.90. The van der Waals surface area contributed by atoms with Gasteiger partial charge in [0.25, 0.3) is 0 Å². The first kappa shape index (κ1) is 11.4. The second-order valence-corrected chi connectivity index (χ2v) is 1.11. The van der Waals surface area contributed by atoms with Gasteiger partial charge in [0.1, 0.15) is 0 Å². The first-order valence-electron chi connectivity index (χ1n) is 2.21. The minimum atomic E-state index is 0. The molecule has 0 aromatic carbocycles. The van der Waals surface area contributed by atoms with E-state index in [1.807, 2.05) is 0 Å². The molecular formula is C6H10OY. The standard InChI is InChI=1S/C6H10O.Y/c1-3-5-7-6-4-2;/h3-4H,1-2,5-6H2;. The monoisotopic (exact) mass is 187 g/mol. The average Bonchev–Trinajstić information content (AvgIpc) is 1.69. The SMILES string of the molecule is C=CCOCC=C.[Y]. The van der Waals surface area contributed by atoms with Crippen LogP contribution in [0.1, 0.15) is 0 Å². The number of hydrogen-bond acceptors (Lipinski definition) is 1. The van der Waals surface area contributed by atoms with Crippen molar-refractivity contribution in [2.45, 2.75) is 0 Å². The van der Waals surface area contributed by atoms with E-state index < -0.39 is 0 Å². The van der Waals surface area contributed by atoms with Crippen LogP contribution in [0.4, 0.5) is 0 Å². The van der Waals surface area contributed by atoms with Gasteiger partial charge < -0.3 is 4.74 Å². The zero-order valence-electron chi connectivity index (χ0n) is 4.97. The molecule has 0 N–H and O–H groups in total. The summed E-state index contributed by atoms with van der Waals surface area (Å²) in [6.07, 6.45) is 3.42. The average molecular weight is 187 g/mol. The van der Waals surface area contributed by atoms with Crippen LogP contribution in [0, 0.1) is 0 Å². The van der Waals surface area contributed by atoms with Crippen LogP contribution in [0.25, 0.3) is 0 Å². The van der Waals surface area contributed by atoms with Gasteiger partial charge in [0, 0.05) is 32.7 Å². The maximum Gasteiger partial charge on any atom is 0.0649 e. The molecule has 43 valence electrons. The molecule has 0 aliphatic rings. The molecular weight excluding hydrogens is 177 g/mol. The summed E-state index contributed by atoms with van der Waals surface area (Å²) in [5.41, 5.74) is 0. The number of rotatable bonds is 4. The summed E-state index contributed by atoms with van der Waals surface area (Å²) in [6, 6.07) is 0. The summed E-state index contributed by atoms with van der Waals surface area (Å²) < 4.78 is 4.90. The predicted octanol–water partition coefficient (Wildman–Crippen LogP) is 1.37. The van der Waals surface area contributed by atoms with Crippen LogP contribution >= 0.6 is 0 Å². The van der Waals surface area contributed by atoms with E-state index in [0.29, 0.717) is 13.2 Å². The smallest absolute Gasteiger partial charge is 0.0649 e. The molecule has 0 fully saturated rings. The predicted molar refractivity (Wildman–Crippen MR) is 31.2 cm³/mol. The molecule has 0 unspecified atom stereocenters. The summed E-state index contributed by atoms with van der Waals surface area (Å²) in [7, 11) is 0. The first-order chi connectivity index (χ1) is 3.41. The van der Waals surface area contributed by atoms with Crippen molar-refractivity contribution in [2.24, 2.45) is 0 Å². The van der Waals surface area contributed by atoms with Gasteiger partial charge in [0.2, 0.25) is 0 Å². The van der Waals surface area contributed by atoms with Crippen LogP contribution in [0.3, 0.4) is 0 Å². The minimum Gasteiger partial charge on any atom is -0.373 e. The molecule has 0 saturated heterocycles. The van der Waals surface area contributed by atoms with E-state index >= 15 is 0 Å². The largest absolute Gasteiger partial charge is 0.373 e. The molecule has 1 radical (unpaired) electrons. The quantitative estimate of drug-likeness (QED) is 0.477. The Labute approximate surface area is 75.7 Å². The van der Waals surface area contributed by atoms with Crippen LogP contribution in [0.2, 0.25) is 0 Å². The molecule has 0 atom stereocenters. The second kappa shape index (κ2) is 10.5. The molecule has 0 heterocycles. The second-order valence-electron chi connectivity index (χ2n) is 1.11. The Morgan fingerprint density at radius 2 is 1.50 bits per heavy atom. The van der Waals surface area contributed by atoms with Gasteiger partial charge in [-0.15, -0.1) is 13.2 Å². The molecule has 8 heavy (non-hydrogen) atoms. The van der Waals surface area contributed by atoms with Gasteiger partial charge in [-0.05, 0) is 0 Å². The van der Waals surface area contributed by atoms with Gasteiger partial charge in [0.05, 0.1) is 13.2 Å². The van der Waals surface area contributed by atoms with Gasteiger partial charge in [0.15, 0.2) is 0 Å². The Hall–Kier alpha value is 0.544. The van der Waals surface area contributed by atoms with Crippen molar-refractivity contribution in [3.8, 4) is 0 Å². The zero-order valence-corrected chi connectivity index (χ0v) is 7.81. The summed E-state index contributed by atoms with van der Waals surface area (Å²) in [4.78, 5) is 0. The third-order valence-corrected chi connectivity index (χ3v) is 0.471. The molecule has 0 rings (SSSR count). The summed E-state index contributed by atoms with van der Waals surface area (Å²) in [5.74, 6) is 0. The van der Waals surface area contributed by atoms with Gasteiger partial charge >= 0.3 is 0 Å². The molecule has 0 aliphatic heterocycles. The Morgan fingerprint density at radius 3 is 1.75 bits per heavy atom. The molecule has 0 bridgehead atoms. The van der Waals surface area contributed by atoms with Crippen molar-refractivity contribution in [3.05, 3.63) is 25.3 Å². The van der Waals surface area contributed by atoms with E-state index in [1.165, 1.54) is 0 Å². The van der Waals surface area contributed by atoms with Gasteiger partial charge in [-0.1, -0.05) is 12.2 Å². The maximum atomic E-state index is 4.90. The van der Waals surface area contributed by atoms with E-state index in [-0.39, 0.29) is 32.7 Å². The van der Waals surface area contributed by atoms with E-state index in [1.54, 1.807) is 12.2 Å². The fourth-order valence-corrected chi connectivity index (χ4v) is 0.235. The van der Waals surface area contributed by atoms with Gasteiger partial charge in [-0.25, -0.2) is 0 Å².